The molecule has 0 aliphatic rings. The van der Waals surface area contributed by atoms with Crippen LogP contribution in [0.2, 0.25) is 0 Å². The minimum Gasteiger partial charge on any atom is -0.352 e. The Bertz CT molecular complexity index is 569. The lowest BCUT2D eigenvalue weighted by molar-refractivity contribution is 0.0952. The van der Waals surface area contributed by atoms with Crippen molar-refractivity contribution in [3.63, 3.8) is 0 Å². The van der Waals surface area contributed by atoms with Crippen LogP contribution in [0.4, 0.5) is 0 Å². The summed E-state index contributed by atoms with van der Waals surface area (Å²) in [5, 5.41) is 10.4. The van der Waals surface area contributed by atoms with Crippen LogP contribution in [-0.4, -0.2) is 27.2 Å². The molecule has 106 valence electrons. The molecule has 2 aromatic rings. The minimum absolute atomic E-state index is 0.0406. The third kappa shape index (κ3) is 4.16. The number of nitrogens with zero attached hydrogens (tertiary/aromatic N) is 3. The third-order valence-electron chi connectivity index (χ3n) is 2.96. The molecule has 1 N–H and O–H groups in total. The van der Waals surface area contributed by atoms with Gasteiger partial charge in [0, 0.05) is 17.6 Å². The summed E-state index contributed by atoms with van der Waals surface area (Å²) in [6.07, 6.45) is 5.30. The molecule has 0 bridgehead atoms. The van der Waals surface area contributed by atoms with Gasteiger partial charge in [-0.1, -0.05) is 6.07 Å². The first-order valence-corrected chi connectivity index (χ1v) is 7.33. The van der Waals surface area contributed by atoms with E-state index in [1.807, 2.05) is 29.7 Å². The Morgan fingerprint density at radius 3 is 2.75 bits per heavy atom. The van der Waals surface area contributed by atoms with Crippen LogP contribution in [0.5, 0.6) is 0 Å². The van der Waals surface area contributed by atoms with Crippen molar-refractivity contribution < 1.29 is 4.79 Å². The van der Waals surface area contributed by atoms with E-state index in [9.17, 15) is 4.79 Å². The van der Waals surface area contributed by atoms with Crippen molar-refractivity contribution in [2.24, 2.45) is 0 Å². The van der Waals surface area contributed by atoms with Gasteiger partial charge in [-0.15, -0.1) is 10.2 Å². The molecule has 20 heavy (non-hydrogen) atoms. The molecular formula is C14H17BrN4O. The Labute approximate surface area is 126 Å². The SMILES string of the molecule is Cc1ccc(C(=O)NCCCCn2cnnc2)c(Br)c1. The Morgan fingerprint density at radius 1 is 1.30 bits per heavy atom. The van der Waals surface area contributed by atoms with Crippen molar-refractivity contribution in [2.75, 3.05) is 6.54 Å². The molecule has 1 heterocycles. The van der Waals surface area contributed by atoms with Crippen LogP contribution in [0.25, 0.3) is 0 Å². The second-order valence-electron chi connectivity index (χ2n) is 4.65. The van der Waals surface area contributed by atoms with Crippen LogP contribution in [-0.2, 0) is 6.54 Å². The fourth-order valence-electron chi connectivity index (χ4n) is 1.86. The van der Waals surface area contributed by atoms with Gasteiger partial charge in [-0.3, -0.25) is 4.79 Å². The van der Waals surface area contributed by atoms with Gasteiger partial charge in [-0.05, 0) is 53.4 Å². The van der Waals surface area contributed by atoms with Crippen molar-refractivity contribution in [1.29, 1.82) is 0 Å². The summed E-state index contributed by atoms with van der Waals surface area (Å²) in [4.78, 5) is 12.0. The second-order valence-corrected chi connectivity index (χ2v) is 5.50. The normalized spacial score (nSPS) is 10.5. The second kappa shape index (κ2) is 7.19. The smallest absolute Gasteiger partial charge is 0.252 e. The maximum Gasteiger partial charge on any atom is 0.252 e. The molecule has 0 radical (unpaired) electrons. The first-order valence-electron chi connectivity index (χ1n) is 6.53. The lowest BCUT2D eigenvalue weighted by atomic mass is 10.1. The van der Waals surface area contributed by atoms with Gasteiger partial charge >= 0.3 is 0 Å². The molecule has 0 spiro atoms. The fourth-order valence-corrected chi connectivity index (χ4v) is 2.53. The third-order valence-corrected chi connectivity index (χ3v) is 3.62. The zero-order valence-electron chi connectivity index (χ0n) is 11.3. The number of amides is 1. The van der Waals surface area contributed by atoms with E-state index in [2.05, 4.69) is 31.4 Å². The van der Waals surface area contributed by atoms with Gasteiger partial charge in [0.1, 0.15) is 12.7 Å². The Hall–Kier alpha value is -1.69. The van der Waals surface area contributed by atoms with Gasteiger partial charge < -0.3 is 9.88 Å². The molecule has 0 saturated heterocycles. The van der Waals surface area contributed by atoms with Crippen LogP contribution in [0.15, 0.2) is 35.3 Å². The van der Waals surface area contributed by atoms with E-state index in [0.717, 1.165) is 29.4 Å². The summed E-state index contributed by atoms with van der Waals surface area (Å²) < 4.78 is 2.76. The zero-order chi connectivity index (χ0) is 14.4. The number of carbonyl (C=O) groups excluding carboxylic acids is 1. The quantitative estimate of drug-likeness (QED) is 0.824. The summed E-state index contributed by atoms with van der Waals surface area (Å²) in [5.41, 5.74) is 1.80. The average molecular weight is 337 g/mol. The van der Waals surface area contributed by atoms with Crippen LogP contribution in [0.3, 0.4) is 0 Å². The number of hydrogen-bond acceptors (Lipinski definition) is 3. The predicted molar refractivity (Wildman–Crippen MR) is 80.5 cm³/mol. The van der Waals surface area contributed by atoms with E-state index in [1.54, 1.807) is 12.7 Å². The highest BCUT2D eigenvalue weighted by molar-refractivity contribution is 9.10. The Morgan fingerprint density at radius 2 is 2.05 bits per heavy atom. The van der Waals surface area contributed by atoms with E-state index in [1.165, 1.54) is 0 Å². The lowest BCUT2D eigenvalue weighted by Gasteiger charge is -2.07. The van der Waals surface area contributed by atoms with Crippen molar-refractivity contribution in [3.8, 4) is 0 Å². The van der Waals surface area contributed by atoms with Crippen LogP contribution in [0, 0.1) is 6.92 Å². The summed E-state index contributed by atoms with van der Waals surface area (Å²) in [6, 6.07) is 5.72. The number of halogens is 1. The standard InChI is InChI=1S/C14H17BrN4O/c1-11-4-5-12(13(15)8-11)14(20)16-6-2-3-7-19-9-17-18-10-19/h4-5,8-10H,2-3,6-7H2,1H3,(H,16,20). The molecule has 0 fully saturated rings. The van der Waals surface area contributed by atoms with Crippen molar-refractivity contribution in [3.05, 3.63) is 46.5 Å². The molecule has 0 aliphatic carbocycles. The number of rotatable bonds is 6. The molecule has 0 unspecified atom stereocenters. The topological polar surface area (TPSA) is 59.8 Å². The molecule has 6 heteroatoms. The van der Waals surface area contributed by atoms with Crippen molar-refractivity contribution in [1.82, 2.24) is 20.1 Å². The van der Waals surface area contributed by atoms with Gasteiger partial charge in [0.15, 0.2) is 0 Å². The zero-order valence-corrected chi connectivity index (χ0v) is 12.9. The Balaban J connectivity index is 1.72. The Kier molecular flexibility index (Phi) is 5.29. The average Bonchev–Trinajstić information content (AvgIpc) is 2.91. The minimum atomic E-state index is -0.0406. The van der Waals surface area contributed by atoms with E-state index in [0.29, 0.717) is 12.1 Å². The predicted octanol–water partition coefficient (Wildman–Crippen LogP) is 2.56. The molecule has 1 aromatic carbocycles. The van der Waals surface area contributed by atoms with Crippen molar-refractivity contribution in [2.45, 2.75) is 26.3 Å². The first kappa shape index (κ1) is 14.7. The number of nitrogens with one attached hydrogen (secondary N) is 1. The van der Waals surface area contributed by atoms with Crippen LogP contribution in [0.1, 0.15) is 28.8 Å². The molecular weight excluding hydrogens is 320 g/mol. The molecule has 0 aliphatic heterocycles. The highest BCUT2D eigenvalue weighted by atomic mass is 79.9. The van der Waals surface area contributed by atoms with Gasteiger partial charge in [0.25, 0.3) is 5.91 Å². The number of hydrogen-bond donors (Lipinski definition) is 1. The van der Waals surface area contributed by atoms with Crippen LogP contribution >= 0.6 is 15.9 Å². The molecule has 1 amide bonds. The largest absolute Gasteiger partial charge is 0.352 e. The summed E-state index contributed by atoms with van der Waals surface area (Å²) >= 11 is 3.42. The fraction of sp³-hybridized carbons (Fsp3) is 0.357. The van der Waals surface area contributed by atoms with E-state index < -0.39 is 0 Å². The first-order chi connectivity index (χ1) is 9.66. The van der Waals surface area contributed by atoms with Gasteiger partial charge in [0.05, 0.1) is 5.56 Å². The van der Waals surface area contributed by atoms with E-state index >= 15 is 0 Å². The van der Waals surface area contributed by atoms with Gasteiger partial charge in [-0.25, -0.2) is 0 Å². The molecule has 2 rings (SSSR count). The molecule has 1 aromatic heterocycles. The summed E-state index contributed by atoms with van der Waals surface area (Å²) in [7, 11) is 0. The number of carbonyl (C=O) groups is 1. The van der Waals surface area contributed by atoms with Crippen LogP contribution < -0.4 is 5.32 Å². The number of aryl methyl sites for hydroxylation is 2. The molecule has 5 nitrogen and oxygen atoms in total. The van der Waals surface area contributed by atoms with Gasteiger partial charge in [0.2, 0.25) is 0 Å². The van der Waals surface area contributed by atoms with Gasteiger partial charge in [-0.2, -0.15) is 0 Å². The monoisotopic (exact) mass is 336 g/mol. The maximum atomic E-state index is 12.0. The lowest BCUT2D eigenvalue weighted by Crippen LogP contribution is -2.25. The molecule has 0 saturated carbocycles. The van der Waals surface area contributed by atoms with Crippen molar-refractivity contribution >= 4 is 21.8 Å². The summed E-state index contributed by atoms with van der Waals surface area (Å²) in [5.74, 6) is -0.0406. The number of aromatic nitrogens is 3. The highest BCUT2D eigenvalue weighted by Gasteiger charge is 2.08. The number of benzene rings is 1. The van der Waals surface area contributed by atoms with E-state index in [-0.39, 0.29) is 5.91 Å². The summed E-state index contributed by atoms with van der Waals surface area (Å²) in [6.45, 7) is 3.54. The van der Waals surface area contributed by atoms with E-state index in [4.69, 9.17) is 0 Å². The molecule has 0 atom stereocenters. The number of unbranched alkanes of at least 4 members (excludes halogenated alkanes) is 1. The maximum absolute atomic E-state index is 12.0. The highest BCUT2D eigenvalue weighted by Crippen LogP contribution is 2.18.